The summed E-state index contributed by atoms with van der Waals surface area (Å²) in [6.45, 7) is 62.2. The van der Waals surface area contributed by atoms with Crippen LogP contribution in [0, 0.1) is 0 Å². The lowest BCUT2D eigenvalue weighted by atomic mass is 10.1. The zero-order chi connectivity index (χ0) is 42.1. The third-order valence-electron chi connectivity index (χ3n) is 2.99. The van der Waals surface area contributed by atoms with Crippen LogP contribution in [0.25, 0.3) is 0 Å². The van der Waals surface area contributed by atoms with Crippen LogP contribution in [0.3, 0.4) is 0 Å². The average molecular weight is 679 g/mol. The first-order valence-electron chi connectivity index (χ1n) is 22.0. The molecule has 0 spiro atoms. The molecule has 0 bridgehead atoms. The minimum absolute atomic E-state index is 0.344. The zero-order valence-electron chi connectivity index (χ0n) is 40.8. The van der Waals surface area contributed by atoms with Crippen LogP contribution in [0.5, 0.6) is 0 Å². The van der Waals surface area contributed by atoms with Crippen LogP contribution >= 0.6 is 0 Å². The molecule has 0 aromatic rings. The van der Waals surface area contributed by atoms with E-state index in [0.717, 1.165) is 12.8 Å². The van der Waals surface area contributed by atoms with E-state index in [1.54, 1.807) is 0 Å². The van der Waals surface area contributed by atoms with Crippen LogP contribution in [0.15, 0.2) is 0 Å². The highest BCUT2D eigenvalue weighted by Crippen LogP contribution is 2.11. The topological polar surface area (TPSA) is 37.3 Å². The zero-order valence-corrected chi connectivity index (χ0v) is 40.8. The lowest BCUT2D eigenvalue weighted by Gasteiger charge is -2.01. The van der Waals surface area contributed by atoms with Crippen LogP contribution in [-0.2, 0) is 4.79 Å². The Morgan fingerprint density at radius 2 is 0.413 bits per heavy atom. The maximum Gasteiger partial charge on any atom is 0.303 e. The minimum atomic E-state index is -0.657. The van der Waals surface area contributed by atoms with Gasteiger partial charge in [0, 0.05) is 6.42 Å². The molecule has 0 saturated heterocycles. The lowest BCUT2D eigenvalue weighted by Crippen LogP contribution is -1.93. The Balaban J connectivity index is -0.0000000180. The number of carboxylic acids is 1. The van der Waals surface area contributed by atoms with Gasteiger partial charge in [-0.1, -0.05) is 279 Å². The number of unbranched alkanes of at least 4 members (excludes halogenated alkanes) is 10. The Bertz CT molecular complexity index is 158. The minimum Gasteiger partial charge on any atom is -0.481 e. The second kappa shape index (κ2) is 401. The average Bonchev–Trinajstić information content (AvgIpc) is 3.22. The summed E-state index contributed by atoms with van der Waals surface area (Å²) < 4.78 is 0. The molecule has 0 aromatic heterocycles. The fourth-order valence-corrected chi connectivity index (χ4v) is 1.94. The van der Waals surface area contributed by atoms with Gasteiger partial charge < -0.3 is 5.11 Å². The molecule has 0 saturated carbocycles. The van der Waals surface area contributed by atoms with E-state index in [1.807, 2.05) is 208 Å². The van der Waals surface area contributed by atoms with Gasteiger partial charge in [0.15, 0.2) is 0 Å². The summed E-state index contributed by atoms with van der Waals surface area (Å²) in [5.74, 6) is -0.657. The van der Waals surface area contributed by atoms with Gasteiger partial charge in [-0.3, -0.25) is 4.79 Å². The smallest absolute Gasteiger partial charge is 0.303 e. The first-order valence-corrected chi connectivity index (χ1v) is 22.0. The number of hydrogen-bond donors (Lipinski definition) is 1. The molecule has 0 unspecified atom stereocenters. The second-order valence-corrected chi connectivity index (χ2v) is 4.68. The Morgan fingerprint density at radius 3 is 0.543 bits per heavy atom. The highest BCUT2D eigenvalue weighted by molar-refractivity contribution is 5.66. The maximum atomic E-state index is 10.3. The van der Waals surface area contributed by atoms with Crippen molar-refractivity contribution in [1.82, 2.24) is 0 Å². The molecular formula is C44H118O2. The molecule has 0 amide bonds. The van der Waals surface area contributed by atoms with Crippen molar-refractivity contribution in [3.05, 3.63) is 0 Å². The first kappa shape index (κ1) is 104. The van der Waals surface area contributed by atoms with Crippen LogP contribution in [-0.4, -0.2) is 11.1 Å². The van der Waals surface area contributed by atoms with E-state index in [4.69, 9.17) is 5.11 Å². The summed E-state index contributed by atoms with van der Waals surface area (Å²) in [6.07, 6.45) is 14.4. The second-order valence-electron chi connectivity index (χ2n) is 4.68. The molecule has 0 heterocycles. The van der Waals surface area contributed by atoms with Crippen LogP contribution in [0.1, 0.15) is 292 Å². The molecule has 0 aliphatic carbocycles. The summed E-state index contributed by atoms with van der Waals surface area (Å²) in [7, 11) is 0. The molecule has 2 heteroatoms. The van der Waals surface area contributed by atoms with Gasteiger partial charge >= 0.3 is 5.97 Å². The summed E-state index contributed by atoms with van der Waals surface area (Å²) in [4.78, 5) is 10.3. The van der Waals surface area contributed by atoms with Crippen molar-refractivity contribution in [2.45, 2.75) is 292 Å². The van der Waals surface area contributed by atoms with Crippen LogP contribution in [0.2, 0.25) is 0 Å². The van der Waals surface area contributed by atoms with Crippen molar-refractivity contribution in [2.75, 3.05) is 0 Å². The molecule has 1 N–H and O–H groups in total. The van der Waals surface area contributed by atoms with E-state index in [0.29, 0.717) is 6.42 Å². The van der Waals surface area contributed by atoms with E-state index in [1.165, 1.54) is 57.8 Å². The van der Waals surface area contributed by atoms with Crippen molar-refractivity contribution in [3.63, 3.8) is 0 Å². The number of carbonyl (C=O) groups is 1. The molecule has 306 valence electrons. The third-order valence-corrected chi connectivity index (χ3v) is 2.99. The lowest BCUT2D eigenvalue weighted by molar-refractivity contribution is -0.137. The number of hydrogen-bond acceptors (Lipinski definition) is 1. The van der Waals surface area contributed by atoms with Crippen molar-refractivity contribution < 1.29 is 9.90 Å². The van der Waals surface area contributed by atoms with Crippen molar-refractivity contribution in [2.24, 2.45) is 0 Å². The number of aliphatic carboxylic acids is 1. The molecule has 0 rings (SSSR count). The summed E-state index contributed by atoms with van der Waals surface area (Å²) in [5.41, 5.74) is 0. The molecule has 2 nitrogen and oxygen atoms in total. The third kappa shape index (κ3) is 504. The Morgan fingerprint density at radius 1 is 0.283 bits per heavy atom. The molecule has 0 radical (unpaired) electrons. The predicted octanol–water partition coefficient (Wildman–Crippen LogP) is 20.2. The SMILES string of the molecule is CC.CC.CC.CC.CC.CC.CC.CC.CC.CC.CC.CC.CC.CC.CC.CCCCCCCCCCCCCC(=O)O. The van der Waals surface area contributed by atoms with Gasteiger partial charge in [-0.15, -0.1) is 0 Å². The van der Waals surface area contributed by atoms with E-state index in [2.05, 4.69) is 6.92 Å². The maximum absolute atomic E-state index is 10.3. The number of carboxylic acid groups (broad SMARTS) is 1. The Labute approximate surface area is 306 Å². The predicted molar refractivity (Wildman–Crippen MR) is 239 cm³/mol. The molecular weight excluding hydrogens is 560 g/mol. The fraction of sp³-hybridized carbons (Fsp3) is 0.977. The standard InChI is InChI=1S/C14H28O2.15C2H6/c1-2-3-4-5-6-7-8-9-10-11-12-13-14(15)16;15*1-2/h2-13H2,1H3,(H,15,16);15*1-2H3. The van der Waals surface area contributed by atoms with E-state index in [-0.39, 0.29) is 0 Å². The van der Waals surface area contributed by atoms with E-state index < -0.39 is 5.97 Å². The molecule has 0 aliphatic rings. The van der Waals surface area contributed by atoms with Crippen LogP contribution in [0.4, 0.5) is 0 Å². The Hall–Kier alpha value is -0.530. The van der Waals surface area contributed by atoms with Crippen molar-refractivity contribution in [3.8, 4) is 0 Å². The van der Waals surface area contributed by atoms with Crippen molar-refractivity contribution >= 4 is 5.97 Å². The normalized spacial score (nSPS) is 5.63. The van der Waals surface area contributed by atoms with E-state index in [9.17, 15) is 4.79 Å². The number of rotatable bonds is 12. The van der Waals surface area contributed by atoms with Gasteiger partial charge in [0.05, 0.1) is 0 Å². The largest absolute Gasteiger partial charge is 0.481 e. The monoisotopic (exact) mass is 679 g/mol. The van der Waals surface area contributed by atoms with Gasteiger partial charge in [0.2, 0.25) is 0 Å². The van der Waals surface area contributed by atoms with Gasteiger partial charge in [0.1, 0.15) is 0 Å². The summed E-state index contributed by atoms with van der Waals surface area (Å²) in [6, 6.07) is 0. The summed E-state index contributed by atoms with van der Waals surface area (Å²) in [5, 5.41) is 8.46. The molecule has 0 aromatic carbocycles. The molecule has 0 atom stereocenters. The van der Waals surface area contributed by atoms with Crippen molar-refractivity contribution in [1.29, 1.82) is 0 Å². The highest BCUT2D eigenvalue weighted by atomic mass is 16.4. The van der Waals surface area contributed by atoms with Crippen LogP contribution < -0.4 is 0 Å². The fourth-order valence-electron chi connectivity index (χ4n) is 1.94. The molecule has 0 fully saturated rings. The summed E-state index contributed by atoms with van der Waals surface area (Å²) >= 11 is 0. The molecule has 0 aliphatic heterocycles. The first-order chi connectivity index (χ1) is 22.8. The molecule has 46 heavy (non-hydrogen) atoms. The van der Waals surface area contributed by atoms with Gasteiger partial charge in [-0.05, 0) is 6.42 Å². The van der Waals surface area contributed by atoms with E-state index >= 15 is 0 Å². The van der Waals surface area contributed by atoms with Gasteiger partial charge in [0.25, 0.3) is 0 Å². The van der Waals surface area contributed by atoms with Gasteiger partial charge in [-0.2, -0.15) is 0 Å². The van der Waals surface area contributed by atoms with Gasteiger partial charge in [-0.25, -0.2) is 0 Å². The Kier molecular flexibility index (Phi) is 903. The quantitative estimate of drug-likeness (QED) is 0.209. The highest BCUT2D eigenvalue weighted by Gasteiger charge is 1.96.